The summed E-state index contributed by atoms with van der Waals surface area (Å²) in [4.78, 5) is 12.9. The van der Waals surface area contributed by atoms with Crippen LogP contribution in [0.5, 0.6) is 0 Å². The molecule has 0 radical (unpaired) electrons. The molecule has 0 unspecified atom stereocenters. The number of hydrogen-bond acceptors (Lipinski definition) is 1. The van der Waals surface area contributed by atoms with E-state index in [9.17, 15) is 18.0 Å². The Kier molecular flexibility index (Phi) is 6.18. The molecular formula is C12H13BrF3NO. The van der Waals surface area contributed by atoms with E-state index in [1.54, 1.807) is 6.07 Å². The Balaban J connectivity index is 2.66. The summed E-state index contributed by atoms with van der Waals surface area (Å²) in [6, 6.07) is 5.57. The largest absolute Gasteiger partial charge is 0.336 e. The highest BCUT2D eigenvalue weighted by Crippen LogP contribution is 2.08. The first kappa shape index (κ1) is 15.0. The number of benzene rings is 1. The second-order valence-corrected chi connectivity index (χ2v) is 4.52. The topological polar surface area (TPSA) is 20.3 Å². The van der Waals surface area contributed by atoms with Crippen LogP contribution in [0.2, 0.25) is 0 Å². The molecule has 1 amide bonds. The van der Waals surface area contributed by atoms with Gasteiger partial charge in [-0.15, -0.1) is 0 Å². The highest BCUT2D eigenvalue weighted by molar-refractivity contribution is 9.09. The van der Waals surface area contributed by atoms with Crippen molar-refractivity contribution in [2.75, 3.05) is 18.4 Å². The van der Waals surface area contributed by atoms with Crippen LogP contribution in [-0.4, -0.2) is 35.7 Å². The molecule has 100 valence electrons. The normalized spacial score (nSPS) is 10.7. The van der Waals surface area contributed by atoms with Gasteiger partial charge >= 0.3 is 0 Å². The average Bonchev–Trinajstić information content (AvgIpc) is 2.27. The van der Waals surface area contributed by atoms with Gasteiger partial charge < -0.3 is 4.90 Å². The fourth-order valence-corrected chi connectivity index (χ4v) is 1.95. The van der Waals surface area contributed by atoms with Gasteiger partial charge in [0, 0.05) is 11.9 Å². The standard InChI is InChI=1S/C12H13BrF3NO/c13-4-5-17(8-11(15)16)12(18)7-9-2-1-3-10(14)6-9/h1-3,6,11H,4-5,7-8H2. The van der Waals surface area contributed by atoms with E-state index in [4.69, 9.17) is 0 Å². The summed E-state index contributed by atoms with van der Waals surface area (Å²) in [7, 11) is 0. The van der Waals surface area contributed by atoms with E-state index < -0.39 is 24.7 Å². The van der Waals surface area contributed by atoms with Crippen molar-refractivity contribution in [3.63, 3.8) is 0 Å². The molecule has 6 heteroatoms. The minimum Gasteiger partial charge on any atom is -0.336 e. The Morgan fingerprint density at radius 2 is 2.11 bits per heavy atom. The average molecular weight is 324 g/mol. The summed E-state index contributed by atoms with van der Waals surface area (Å²) in [5.41, 5.74) is 0.480. The third-order valence-electron chi connectivity index (χ3n) is 2.31. The molecule has 2 nitrogen and oxygen atoms in total. The Hall–Kier alpha value is -1.04. The predicted molar refractivity (Wildman–Crippen MR) is 66.5 cm³/mol. The Labute approximate surface area is 112 Å². The van der Waals surface area contributed by atoms with E-state index in [1.165, 1.54) is 18.2 Å². The molecule has 0 aliphatic carbocycles. The minimum absolute atomic E-state index is 0.0719. The molecule has 0 bridgehead atoms. The number of carbonyl (C=O) groups is 1. The van der Waals surface area contributed by atoms with Gasteiger partial charge in [0.05, 0.1) is 13.0 Å². The predicted octanol–water partition coefficient (Wildman–Crippen LogP) is 2.86. The summed E-state index contributed by atoms with van der Waals surface area (Å²) >= 11 is 3.11. The molecule has 0 aromatic heterocycles. The fraction of sp³-hybridized carbons (Fsp3) is 0.417. The lowest BCUT2D eigenvalue weighted by atomic mass is 10.1. The highest BCUT2D eigenvalue weighted by Gasteiger charge is 2.17. The zero-order chi connectivity index (χ0) is 13.5. The van der Waals surface area contributed by atoms with Crippen molar-refractivity contribution >= 4 is 21.8 Å². The van der Waals surface area contributed by atoms with Gasteiger partial charge in [0.2, 0.25) is 5.91 Å². The second-order valence-electron chi connectivity index (χ2n) is 3.73. The maximum absolute atomic E-state index is 12.9. The van der Waals surface area contributed by atoms with E-state index in [-0.39, 0.29) is 13.0 Å². The molecule has 0 heterocycles. The van der Waals surface area contributed by atoms with Crippen molar-refractivity contribution in [3.05, 3.63) is 35.6 Å². The van der Waals surface area contributed by atoms with Gasteiger partial charge in [-0.3, -0.25) is 4.79 Å². The highest BCUT2D eigenvalue weighted by atomic mass is 79.9. The zero-order valence-electron chi connectivity index (χ0n) is 9.58. The number of alkyl halides is 3. The van der Waals surface area contributed by atoms with Crippen LogP contribution in [0.1, 0.15) is 5.56 Å². The lowest BCUT2D eigenvalue weighted by molar-refractivity contribution is -0.132. The maximum atomic E-state index is 12.9. The second kappa shape index (κ2) is 7.41. The fourth-order valence-electron chi connectivity index (χ4n) is 1.52. The summed E-state index contributed by atoms with van der Waals surface area (Å²) in [5.74, 6) is -0.874. The molecule has 0 atom stereocenters. The lowest BCUT2D eigenvalue weighted by Gasteiger charge is -2.21. The number of nitrogens with zero attached hydrogens (tertiary/aromatic N) is 1. The third kappa shape index (κ3) is 5.08. The van der Waals surface area contributed by atoms with Crippen LogP contribution in [0.25, 0.3) is 0 Å². The van der Waals surface area contributed by atoms with E-state index in [2.05, 4.69) is 15.9 Å². The van der Waals surface area contributed by atoms with Crippen LogP contribution in [-0.2, 0) is 11.2 Å². The molecule has 0 aliphatic rings. The van der Waals surface area contributed by atoms with E-state index in [1.807, 2.05) is 0 Å². The SMILES string of the molecule is O=C(Cc1cccc(F)c1)N(CCBr)CC(F)F. The maximum Gasteiger partial charge on any atom is 0.255 e. The molecule has 0 N–H and O–H groups in total. The van der Waals surface area contributed by atoms with Crippen molar-refractivity contribution < 1.29 is 18.0 Å². The van der Waals surface area contributed by atoms with Gasteiger partial charge in [-0.2, -0.15) is 0 Å². The molecule has 0 aliphatic heterocycles. The van der Waals surface area contributed by atoms with Gasteiger partial charge in [-0.25, -0.2) is 13.2 Å². The first-order chi connectivity index (χ1) is 8.52. The van der Waals surface area contributed by atoms with Gasteiger partial charge in [0.25, 0.3) is 6.43 Å². The van der Waals surface area contributed by atoms with Crippen LogP contribution < -0.4 is 0 Å². The summed E-state index contributed by atoms with van der Waals surface area (Å²) in [5, 5.41) is 0.425. The van der Waals surface area contributed by atoms with Crippen LogP contribution in [0.3, 0.4) is 0 Å². The number of halogens is 4. The first-order valence-electron chi connectivity index (χ1n) is 5.39. The van der Waals surface area contributed by atoms with Crippen molar-refractivity contribution in [3.8, 4) is 0 Å². The molecular weight excluding hydrogens is 311 g/mol. The number of hydrogen-bond donors (Lipinski definition) is 0. The van der Waals surface area contributed by atoms with Crippen LogP contribution in [0.15, 0.2) is 24.3 Å². The molecule has 0 saturated heterocycles. The smallest absolute Gasteiger partial charge is 0.255 e. The summed E-state index contributed by atoms with van der Waals surface area (Å²) in [6.45, 7) is -0.391. The molecule has 1 aromatic rings. The Morgan fingerprint density at radius 3 is 2.67 bits per heavy atom. The van der Waals surface area contributed by atoms with Gasteiger partial charge in [-0.05, 0) is 17.7 Å². The zero-order valence-corrected chi connectivity index (χ0v) is 11.2. The summed E-state index contributed by atoms with van der Waals surface area (Å²) in [6.07, 6.45) is -2.64. The molecule has 0 saturated carbocycles. The number of carbonyl (C=O) groups excluding carboxylic acids is 1. The number of amides is 1. The Bertz CT molecular complexity index is 401. The van der Waals surface area contributed by atoms with Crippen molar-refractivity contribution in [1.29, 1.82) is 0 Å². The molecule has 18 heavy (non-hydrogen) atoms. The monoisotopic (exact) mass is 323 g/mol. The minimum atomic E-state index is -2.57. The van der Waals surface area contributed by atoms with E-state index in [0.29, 0.717) is 10.9 Å². The molecule has 1 rings (SSSR count). The van der Waals surface area contributed by atoms with Crippen LogP contribution >= 0.6 is 15.9 Å². The first-order valence-corrected chi connectivity index (χ1v) is 6.51. The Morgan fingerprint density at radius 1 is 1.39 bits per heavy atom. The molecule has 1 aromatic carbocycles. The van der Waals surface area contributed by atoms with Gasteiger partial charge in [0.15, 0.2) is 0 Å². The van der Waals surface area contributed by atoms with Crippen molar-refractivity contribution in [2.24, 2.45) is 0 Å². The van der Waals surface area contributed by atoms with Crippen molar-refractivity contribution in [2.45, 2.75) is 12.8 Å². The number of rotatable bonds is 6. The van der Waals surface area contributed by atoms with Gasteiger partial charge in [-0.1, -0.05) is 28.1 Å². The quantitative estimate of drug-likeness (QED) is 0.737. The van der Waals surface area contributed by atoms with Gasteiger partial charge in [0.1, 0.15) is 5.82 Å². The van der Waals surface area contributed by atoms with E-state index in [0.717, 1.165) is 4.90 Å². The van der Waals surface area contributed by atoms with Crippen LogP contribution in [0.4, 0.5) is 13.2 Å². The van der Waals surface area contributed by atoms with E-state index >= 15 is 0 Å². The molecule has 0 spiro atoms. The molecule has 0 fully saturated rings. The van der Waals surface area contributed by atoms with Crippen molar-refractivity contribution in [1.82, 2.24) is 4.90 Å². The van der Waals surface area contributed by atoms with Crippen LogP contribution in [0, 0.1) is 5.82 Å². The summed E-state index contributed by atoms with van der Waals surface area (Å²) < 4.78 is 37.5. The lowest BCUT2D eigenvalue weighted by Crippen LogP contribution is -2.37. The third-order valence-corrected chi connectivity index (χ3v) is 2.66.